The number of unbranched alkanes of at least 4 members (excludes halogenated alkanes) is 1. The maximum Gasteiger partial charge on any atom is 0.0566 e. The summed E-state index contributed by atoms with van der Waals surface area (Å²) in [5, 5.41) is 9.51. The van der Waals surface area contributed by atoms with Gasteiger partial charge in [0.15, 0.2) is 0 Å². The summed E-state index contributed by atoms with van der Waals surface area (Å²) in [7, 11) is 0. The molecule has 0 heterocycles. The topological polar surface area (TPSA) is 38.7 Å². The van der Waals surface area contributed by atoms with Crippen LogP contribution in [-0.4, -0.2) is 43.9 Å². The highest BCUT2D eigenvalue weighted by atomic mass is 32.1. The van der Waals surface area contributed by atoms with Crippen molar-refractivity contribution >= 4 is 12.6 Å². The third-order valence-electron chi connectivity index (χ3n) is 2.99. The molecule has 0 bridgehead atoms. The molecule has 104 valence electrons. The molecule has 0 aliphatic heterocycles. The molecule has 1 atom stereocenters. The Morgan fingerprint density at radius 1 is 1.06 bits per heavy atom. The van der Waals surface area contributed by atoms with E-state index in [1.54, 1.807) is 0 Å². The van der Waals surface area contributed by atoms with Gasteiger partial charge in [-0.25, -0.2) is 0 Å². The van der Waals surface area contributed by atoms with Crippen molar-refractivity contribution in [2.75, 3.05) is 38.8 Å². The van der Waals surface area contributed by atoms with Gasteiger partial charge in [-0.15, -0.1) is 0 Å². The highest BCUT2D eigenvalue weighted by Gasteiger charge is 2.28. The lowest BCUT2D eigenvalue weighted by Gasteiger charge is -2.30. The Hall–Kier alpha value is 0.230. The Balaban J connectivity index is 3.88. The van der Waals surface area contributed by atoms with Crippen LogP contribution in [0.5, 0.6) is 0 Å². The first-order chi connectivity index (χ1) is 8.24. The normalized spacial score (nSPS) is 14.8. The number of aliphatic hydroxyl groups excluding tert-OH is 1. The van der Waals surface area contributed by atoms with Crippen LogP contribution in [-0.2, 0) is 9.47 Å². The molecule has 0 radical (unpaired) electrons. The molecule has 0 aromatic heterocycles. The largest absolute Gasteiger partial charge is 0.396 e. The van der Waals surface area contributed by atoms with Crippen LogP contribution in [0.1, 0.15) is 39.5 Å². The van der Waals surface area contributed by atoms with Crippen molar-refractivity contribution in [2.24, 2.45) is 5.41 Å². The lowest BCUT2D eigenvalue weighted by molar-refractivity contribution is -0.0531. The number of thiol groups is 1. The van der Waals surface area contributed by atoms with Crippen molar-refractivity contribution in [2.45, 2.75) is 39.5 Å². The number of aliphatic hydroxyl groups is 1. The van der Waals surface area contributed by atoms with Gasteiger partial charge in [-0.1, -0.05) is 20.3 Å². The minimum atomic E-state index is -0.232. The van der Waals surface area contributed by atoms with E-state index in [4.69, 9.17) is 9.47 Å². The number of hydrogen-bond donors (Lipinski definition) is 2. The molecule has 0 aliphatic rings. The molecule has 0 saturated heterocycles. The molecule has 17 heavy (non-hydrogen) atoms. The molecule has 0 rings (SSSR count). The minimum Gasteiger partial charge on any atom is -0.396 e. The zero-order valence-electron chi connectivity index (χ0n) is 11.3. The Bertz CT molecular complexity index is 147. The summed E-state index contributed by atoms with van der Waals surface area (Å²) in [6.45, 7) is 6.97. The van der Waals surface area contributed by atoms with E-state index < -0.39 is 0 Å². The molecule has 3 nitrogen and oxygen atoms in total. The summed E-state index contributed by atoms with van der Waals surface area (Å²) >= 11 is 4.14. The quantitative estimate of drug-likeness (QED) is 0.420. The molecular weight excluding hydrogens is 236 g/mol. The van der Waals surface area contributed by atoms with Gasteiger partial charge in [0.25, 0.3) is 0 Å². The third-order valence-corrected chi connectivity index (χ3v) is 3.31. The van der Waals surface area contributed by atoms with E-state index in [1.807, 2.05) is 0 Å². The average molecular weight is 264 g/mol. The predicted molar refractivity (Wildman–Crippen MR) is 74.8 cm³/mol. The van der Waals surface area contributed by atoms with E-state index >= 15 is 0 Å². The van der Waals surface area contributed by atoms with Gasteiger partial charge >= 0.3 is 0 Å². The maximum atomic E-state index is 9.51. The van der Waals surface area contributed by atoms with Crippen LogP contribution in [0, 0.1) is 5.41 Å². The number of rotatable bonds is 12. The van der Waals surface area contributed by atoms with Gasteiger partial charge in [0.2, 0.25) is 0 Å². The zero-order valence-corrected chi connectivity index (χ0v) is 12.2. The fraction of sp³-hybridized carbons (Fsp3) is 1.00. The molecule has 0 amide bonds. The van der Waals surface area contributed by atoms with Gasteiger partial charge in [0.1, 0.15) is 0 Å². The Morgan fingerprint density at radius 3 is 2.06 bits per heavy atom. The first-order valence-corrected chi connectivity index (χ1v) is 7.25. The first kappa shape index (κ1) is 17.2. The van der Waals surface area contributed by atoms with Crippen molar-refractivity contribution in [3.8, 4) is 0 Å². The van der Waals surface area contributed by atoms with E-state index in [0.717, 1.165) is 38.0 Å². The summed E-state index contributed by atoms with van der Waals surface area (Å²) in [5.41, 5.74) is -0.232. The fourth-order valence-electron chi connectivity index (χ4n) is 1.44. The van der Waals surface area contributed by atoms with E-state index in [9.17, 15) is 5.11 Å². The molecule has 1 unspecified atom stereocenters. The first-order valence-electron chi connectivity index (χ1n) is 6.62. The van der Waals surface area contributed by atoms with E-state index in [-0.39, 0.29) is 12.0 Å². The monoisotopic (exact) mass is 264 g/mol. The van der Waals surface area contributed by atoms with Crippen LogP contribution in [0.15, 0.2) is 0 Å². The van der Waals surface area contributed by atoms with Gasteiger partial charge in [0.05, 0.1) is 19.8 Å². The lowest BCUT2D eigenvalue weighted by Crippen LogP contribution is -2.36. The highest BCUT2D eigenvalue weighted by Crippen LogP contribution is 2.22. The van der Waals surface area contributed by atoms with E-state index in [0.29, 0.717) is 19.8 Å². The Morgan fingerprint density at radius 2 is 1.65 bits per heavy atom. The van der Waals surface area contributed by atoms with Crippen LogP contribution in [0.25, 0.3) is 0 Å². The molecule has 0 spiro atoms. The molecule has 1 N–H and O–H groups in total. The summed E-state index contributed by atoms with van der Waals surface area (Å²) in [6.07, 6.45) is 4.03. The molecular formula is C13H28O3S. The molecule has 0 aromatic rings. The minimum absolute atomic E-state index is 0.122. The Labute approximate surface area is 111 Å². The van der Waals surface area contributed by atoms with E-state index in [1.165, 1.54) is 0 Å². The SMILES string of the molecule is CCCCOCC(CC)(CO)COCCCS. The molecule has 0 aromatic carbocycles. The van der Waals surface area contributed by atoms with E-state index in [2.05, 4.69) is 26.5 Å². The van der Waals surface area contributed by atoms with Gasteiger partial charge in [-0.05, 0) is 25.0 Å². The summed E-state index contributed by atoms with van der Waals surface area (Å²) in [5.74, 6) is 0.839. The van der Waals surface area contributed by atoms with Crippen LogP contribution in [0.4, 0.5) is 0 Å². The summed E-state index contributed by atoms with van der Waals surface area (Å²) in [6, 6.07) is 0. The van der Waals surface area contributed by atoms with Crippen LogP contribution in [0.3, 0.4) is 0 Å². The van der Waals surface area contributed by atoms with Gasteiger partial charge in [-0.2, -0.15) is 12.6 Å². The zero-order chi connectivity index (χ0) is 13.0. The highest BCUT2D eigenvalue weighted by molar-refractivity contribution is 7.80. The molecule has 0 saturated carbocycles. The average Bonchev–Trinajstić information content (AvgIpc) is 2.37. The second kappa shape index (κ2) is 11.3. The lowest BCUT2D eigenvalue weighted by atomic mass is 9.88. The van der Waals surface area contributed by atoms with Gasteiger partial charge < -0.3 is 14.6 Å². The third kappa shape index (κ3) is 8.03. The van der Waals surface area contributed by atoms with Crippen molar-refractivity contribution in [1.82, 2.24) is 0 Å². The fourth-order valence-corrected chi connectivity index (χ4v) is 1.57. The van der Waals surface area contributed by atoms with Crippen LogP contribution < -0.4 is 0 Å². The maximum absolute atomic E-state index is 9.51. The molecule has 0 fully saturated rings. The Kier molecular flexibility index (Phi) is 11.5. The number of hydrogen-bond acceptors (Lipinski definition) is 4. The smallest absolute Gasteiger partial charge is 0.0566 e. The second-order valence-corrected chi connectivity index (χ2v) is 4.99. The van der Waals surface area contributed by atoms with Crippen molar-refractivity contribution < 1.29 is 14.6 Å². The summed E-state index contributed by atoms with van der Waals surface area (Å²) in [4.78, 5) is 0. The summed E-state index contributed by atoms with van der Waals surface area (Å²) < 4.78 is 11.2. The molecule has 4 heteroatoms. The van der Waals surface area contributed by atoms with Crippen molar-refractivity contribution in [3.05, 3.63) is 0 Å². The number of ether oxygens (including phenoxy) is 2. The van der Waals surface area contributed by atoms with Crippen LogP contribution in [0.2, 0.25) is 0 Å². The van der Waals surface area contributed by atoms with Gasteiger partial charge in [-0.3, -0.25) is 0 Å². The second-order valence-electron chi connectivity index (χ2n) is 4.55. The van der Waals surface area contributed by atoms with Crippen LogP contribution >= 0.6 is 12.6 Å². The predicted octanol–water partition coefficient (Wildman–Crippen LogP) is 2.53. The van der Waals surface area contributed by atoms with Crippen molar-refractivity contribution in [3.63, 3.8) is 0 Å². The molecule has 0 aliphatic carbocycles. The van der Waals surface area contributed by atoms with Gasteiger partial charge in [0, 0.05) is 18.6 Å². The van der Waals surface area contributed by atoms with Crippen molar-refractivity contribution in [1.29, 1.82) is 0 Å². The standard InChI is InChI=1S/C13H28O3S/c1-3-5-7-15-11-13(4-2,10-14)12-16-8-6-9-17/h14,17H,3-12H2,1-2H3.